The van der Waals surface area contributed by atoms with Crippen molar-refractivity contribution in [3.05, 3.63) is 4.77 Å². The Morgan fingerprint density at radius 1 is 1.69 bits per heavy atom. The average molecular weight is 202 g/mol. The second kappa shape index (κ2) is 4.98. The lowest BCUT2D eigenvalue weighted by molar-refractivity contribution is 0.141. The van der Waals surface area contributed by atoms with Gasteiger partial charge >= 0.3 is 0 Å². The van der Waals surface area contributed by atoms with Crippen LogP contribution in [0.15, 0.2) is 0 Å². The Morgan fingerprint density at radius 2 is 2.46 bits per heavy atom. The third-order valence-electron chi connectivity index (χ3n) is 1.66. The van der Waals surface area contributed by atoms with Crippen LogP contribution in [0.2, 0.25) is 0 Å². The Morgan fingerprint density at radius 3 is 3.00 bits per heavy atom. The lowest BCUT2D eigenvalue weighted by atomic mass is 10.4. The van der Waals surface area contributed by atoms with Crippen LogP contribution in [0.4, 0.5) is 5.95 Å². The first-order chi connectivity index (χ1) is 6.25. The monoisotopic (exact) mass is 202 g/mol. The topological polar surface area (TPSA) is 68.9 Å². The number of ether oxygens (including phenoxy) is 1. The molecule has 0 saturated carbocycles. The summed E-state index contributed by atoms with van der Waals surface area (Å²) in [5, 5.41) is 6.43. The number of anilines is 1. The van der Waals surface area contributed by atoms with Crippen LogP contribution in [0, 0.1) is 4.77 Å². The number of nitrogens with zero attached hydrogens (tertiary/aromatic N) is 2. The molecule has 0 amide bonds. The minimum atomic E-state index is 0.432. The number of hydrogen-bond acceptors (Lipinski definition) is 4. The minimum absolute atomic E-state index is 0.432. The molecule has 74 valence electrons. The van der Waals surface area contributed by atoms with Gasteiger partial charge < -0.3 is 10.5 Å². The number of hydrogen-bond donors (Lipinski definition) is 2. The molecule has 6 heteroatoms. The Bertz CT molecular complexity index is 306. The molecule has 13 heavy (non-hydrogen) atoms. The first-order valence-corrected chi connectivity index (χ1v) is 4.65. The van der Waals surface area contributed by atoms with E-state index in [2.05, 4.69) is 10.2 Å². The summed E-state index contributed by atoms with van der Waals surface area (Å²) >= 11 is 4.97. The van der Waals surface area contributed by atoms with Crippen LogP contribution in [-0.2, 0) is 11.3 Å². The second-order valence-corrected chi connectivity index (χ2v) is 2.98. The Balaban J connectivity index is 2.40. The van der Waals surface area contributed by atoms with Crippen molar-refractivity contribution < 1.29 is 4.74 Å². The van der Waals surface area contributed by atoms with E-state index in [9.17, 15) is 0 Å². The maximum absolute atomic E-state index is 5.57. The molecule has 0 aliphatic rings. The molecule has 0 aliphatic heterocycles. The summed E-state index contributed by atoms with van der Waals surface area (Å²) < 4.78 is 7.51. The van der Waals surface area contributed by atoms with E-state index in [4.69, 9.17) is 22.7 Å². The number of nitrogens with two attached hydrogens (primary N) is 1. The molecular formula is C7H14N4OS. The van der Waals surface area contributed by atoms with Crippen LogP contribution in [0.1, 0.15) is 13.3 Å². The number of nitrogens with one attached hydrogen (secondary N) is 1. The van der Waals surface area contributed by atoms with E-state index in [-0.39, 0.29) is 0 Å². The quantitative estimate of drug-likeness (QED) is 0.551. The molecule has 0 saturated heterocycles. The molecule has 0 radical (unpaired) electrons. The molecule has 0 spiro atoms. The van der Waals surface area contributed by atoms with Crippen molar-refractivity contribution in [3.8, 4) is 0 Å². The van der Waals surface area contributed by atoms with E-state index in [1.807, 2.05) is 6.92 Å². The van der Waals surface area contributed by atoms with Gasteiger partial charge in [-0.05, 0) is 25.6 Å². The van der Waals surface area contributed by atoms with Crippen molar-refractivity contribution >= 4 is 18.2 Å². The van der Waals surface area contributed by atoms with Crippen molar-refractivity contribution in [2.45, 2.75) is 19.9 Å². The van der Waals surface area contributed by atoms with Crippen LogP contribution in [-0.4, -0.2) is 28.0 Å². The summed E-state index contributed by atoms with van der Waals surface area (Å²) in [6.07, 6.45) is 0.895. The summed E-state index contributed by atoms with van der Waals surface area (Å²) in [5.41, 5.74) is 5.57. The Labute approximate surface area is 81.9 Å². The molecule has 1 heterocycles. The van der Waals surface area contributed by atoms with Crippen LogP contribution in [0.5, 0.6) is 0 Å². The van der Waals surface area contributed by atoms with Gasteiger partial charge in [0.25, 0.3) is 0 Å². The van der Waals surface area contributed by atoms with Crippen molar-refractivity contribution in [1.82, 2.24) is 14.8 Å². The fourth-order valence-corrected chi connectivity index (χ4v) is 1.25. The maximum Gasteiger partial charge on any atom is 0.220 e. The molecule has 0 atom stereocenters. The van der Waals surface area contributed by atoms with Gasteiger partial charge in [-0.1, -0.05) is 0 Å². The first kappa shape index (κ1) is 10.2. The molecule has 0 bridgehead atoms. The molecule has 3 N–H and O–H groups in total. The lowest BCUT2D eigenvalue weighted by Crippen LogP contribution is -2.06. The third kappa shape index (κ3) is 2.82. The minimum Gasteiger partial charge on any atom is -0.382 e. The number of aromatic amines is 1. The Hall–Kier alpha value is -0.880. The van der Waals surface area contributed by atoms with E-state index in [0.717, 1.165) is 26.2 Å². The molecule has 0 aromatic carbocycles. The molecule has 0 aliphatic carbocycles. The van der Waals surface area contributed by atoms with E-state index in [0.29, 0.717) is 10.7 Å². The second-order valence-electron chi connectivity index (χ2n) is 2.59. The van der Waals surface area contributed by atoms with Crippen LogP contribution >= 0.6 is 12.2 Å². The summed E-state index contributed by atoms with van der Waals surface area (Å²) in [6, 6.07) is 0. The standard InChI is InChI=1S/C7H14N4OS/c1-2-12-5-3-4-11-6(8)9-10-7(11)13/h2-5H2,1H3,(H2,8,9)(H,10,13). The lowest BCUT2D eigenvalue weighted by Gasteiger charge is -2.03. The molecule has 0 fully saturated rings. The zero-order valence-corrected chi connectivity index (χ0v) is 8.43. The van der Waals surface area contributed by atoms with E-state index in [1.165, 1.54) is 0 Å². The summed E-state index contributed by atoms with van der Waals surface area (Å²) in [7, 11) is 0. The van der Waals surface area contributed by atoms with Gasteiger partial charge in [-0.15, -0.1) is 5.10 Å². The molecule has 0 unspecified atom stereocenters. The van der Waals surface area contributed by atoms with Gasteiger partial charge in [-0.2, -0.15) is 0 Å². The van der Waals surface area contributed by atoms with Gasteiger partial charge in [-0.3, -0.25) is 4.57 Å². The van der Waals surface area contributed by atoms with E-state index >= 15 is 0 Å². The van der Waals surface area contributed by atoms with Gasteiger partial charge in [0, 0.05) is 19.8 Å². The smallest absolute Gasteiger partial charge is 0.220 e. The van der Waals surface area contributed by atoms with Crippen molar-refractivity contribution in [3.63, 3.8) is 0 Å². The molecular weight excluding hydrogens is 188 g/mol. The summed E-state index contributed by atoms with van der Waals surface area (Å²) in [5.74, 6) is 0.432. The predicted molar refractivity (Wildman–Crippen MR) is 52.9 cm³/mol. The fourth-order valence-electron chi connectivity index (χ4n) is 1.02. The zero-order valence-electron chi connectivity index (χ0n) is 7.62. The average Bonchev–Trinajstić information content (AvgIpc) is 2.42. The van der Waals surface area contributed by atoms with E-state index < -0.39 is 0 Å². The van der Waals surface area contributed by atoms with Crippen LogP contribution in [0.3, 0.4) is 0 Å². The zero-order chi connectivity index (χ0) is 9.68. The molecule has 1 aromatic heterocycles. The Kier molecular flexibility index (Phi) is 3.91. The van der Waals surface area contributed by atoms with Crippen LogP contribution in [0.25, 0.3) is 0 Å². The van der Waals surface area contributed by atoms with E-state index in [1.54, 1.807) is 4.57 Å². The van der Waals surface area contributed by atoms with Gasteiger partial charge in [0.1, 0.15) is 0 Å². The fraction of sp³-hybridized carbons (Fsp3) is 0.714. The largest absolute Gasteiger partial charge is 0.382 e. The van der Waals surface area contributed by atoms with Crippen LogP contribution < -0.4 is 5.73 Å². The van der Waals surface area contributed by atoms with Crippen molar-refractivity contribution in [1.29, 1.82) is 0 Å². The highest BCUT2D eigenvalue weighted by molar-refractivity contribution is 7.71. The number of H-pyrrole nitrogens is 1. The van der Waals surface area contributed by atoms with Gasteiger partial charge in [0.2, 0.25) is 5.95 Å². The maximum atomic E-state index is 5.57. The predicted octanol–water partition coefficient (Wildman–Crippen LogP) is 0.949. The summed E-state index contributed by atoms with van der Waals surface area (Å²) in [4.78, 5) is 0. The normalized spacial score (nSPS) is 10.5. The van der Waals surface area contributed by atoms with Gasteiger partial charge in [0.15, 0.2) is 4.77 Å². The van der Waals surface area contributed by atoms with Crippen molar-refractivity contribution in [2.24, 2.45) is 0 Å². The van der Waals surface area contributed by atoms with Crippen molar-refractivity contribution in [2.75, 3.05) is 18.9 Å². The SMILES string of the molecule is CCOCCCn1c(N)n[nH]c1=S. The number of aromatic nitrogens is 3. The highest BCUT2D eigenvalue weighted by Gasteiger charge is 1.99. The highest BCUT2D eigenvalue weighted by atomic mass is 32.1. The number of nitrogen functional groups attached to an aromatic ring is 1. The molecule has 5 nitrogen and oxygen atoms in total. The molecule has 1 aromatic rings. The highest BCUT2D eigenvalue weighted by Crippen LogP contribution is 2.00. The third-order valence-corrected chi connectivity index (χ3v) is 1.97. The first-order valence-electron chi connectivity index (χ1n) is 4.24. The molecule has 1 rings (SSSR count). The van der Waals surface area contributed by atoms with Gasteiger partial charge in [-0.25, -0.2) is 5.10 Å². The van der Waals surface area contributed by atoms with Gasteiger partial charge in [0.05, 0.1) is 0 Å². The number of rotatable bonds is 5. The summed E-state index contributed by atoms with van der Waals surface area (Å²) in [6.45, 7) is 4.19.